The third-order valence-electron chi connectivity index (χ3n) is 5.78. The van der Waals surface area contributed by atoms with E-state index in [1.54, 1.807) is 12.5 Å². The van der Waals surface area contributed by atoms with Gasteiger partial charge in [0, 0.05) is 49.0 Å². The Balaban J connectivity index is 1.41. The van der Waals surface area contributed by atoms with Crippen molar-refractivity contribution in [2.24, 2.45) is 0 Å². The third kappa shape index (κ3) is 4.60. The summed E-state index contributed by atoms with van der Waals surface area (Å²) in [5, 5.41) is 6.78. The molecule has 172 valence electrons. The van der Waals surface area contributed by atoms with Crippen LogP contribution < -0.4 is 15.5 Å². The molecule has 1 fully saturated rings. The van der Waals surface area contributed by atoms with Gasteiger partial charge in [-0.1, -0.05) is 36.9 Å². The van der Waals surface area contributed by atoms with Crippen LogP contribution in [0.3, 0.4) is 0 Å². The van der Waals surface area contributed by atoms with Gasteiger partial charge in [-0.2, -0.15) is 4.98 Å². The number of likely N-dealkylation sites (N-methyl/N-ethyl adjacent to an activating group) is 1. The Bertz CT molecular complexity index is 1340. The van der Waals surface area contributed by atoms with Crippen molar-refractivity contribution in [3.63, 3.8) is 0 Å². The van der Waals surface area contributed by atoms with Crippen molar-refractivity contribution in [2.75, 3.05) is 48.8 Å². The van der Waals surface area contributed by atoms with Crippen molar-refractivity contribution in [3.8, 4) is 11.1 Å². The average molecular weight is 456 g/mol. The molecule has 9 nitrogen and oxygen atoms in total. The summed E-state index contributed by atoms with van der Waals surface area (Å²) in [6, 6.07) is 13.9. The highest BCUT2D eigenvalue weighted by atomic mass is 16.4. The van der Waals surface area contributed by atoms with Crippen LogP contribution in [-0.4, -0.2) is 59.0 Å². The van der Waals surface area contributed by atoms with Crippen molar-refractivity contribution in [2.45, 2.75) is 0 Å². The van der Waals surface area contributed by atoms with Gasteiger partial charge in [0.15, 0.2) is 5.82 Å². The SMILES string of the molecule is C=CC(=O)Nc1cccc(-c2cccc3cnc(Nc4nc(N5CCN(C)CC5)co4)nc23)c1. The van der Waals surface area contributed by atoms with E-state index in [-0.39, 0.29) is 5.91 Å². The van der Waals surface area contributed by atoms with Crippen molar-refractivity contribution in [1.29, 1.82) is 0 Å². The van der Waals surface area contributed by atoms with Crippen LogP contribution in [0.5, 0.6) is 0 Å². The minimum Gasteiger partial charge on any atom is -0.430 e. The second-order valence-corrected chi connectivity index (χ2v) is 8.14. The first kappa shape index (κ1) is 21.6. The van der Waals surface area contributed by atoms with Crippen LogP contribution >= 0.6 is 0 Å². The second-order valence-electron chi connectivity index (χ2n) is 8.14. The maximum absolute atomic E-state index is 11.7. The summed E-state index contributed by atoms with van der Waals surface area (Å²) >= 11 is 0. The van der Waals surface area contributed by atoms with Crippen molar-refractivity contribution >= 4 is 40.3 Å². The van der Waals surface area contributed by atoms with E-state index >= 15 is 0 Å². The highest BCUT2D eigenvalue weighted by Crippen LogP contribution is 2.30. The van der Waals surface area contributed by atoms with Gasteiger partial charge in [0.2, 0.25) is 11.9 Å². The fraction of sp³-hybridized carbons (Fsp3) is 0.200. The van der Waals surface area contributed by atoms with Crippen LogP contribution in [0.4, 0.5) is 23.5 Å². The molecule has 2 aromatic heterocycles. The molecule has 4 aromatic rings. The summed E-state index contributed by atoms with van der Waals surface area (Å²) in [6.45, 7) is 7.30. The summed E-state index contributed by atoms with van der Waals surface area (Å²) in [4.78, 5) is 29.9. The van der Waals surface area contributed by atoms with Crippen LogP contribution in [0.1, 0.15) is 0 Å². The Kier molecular flexibility index (Phi) is 5.92. The normalized spacial score (nSPS) is 14.2. The topological polar surface area (TPSA) is 99.4 Å². The van der Waals surface area contributed by atoms with Crippen molar-refractivity contribution < 1.29 is 9.21 Å². The number of carbonyl (C=O) groups is 1. The number of anilines is 4. The van der Waals surface area contributed by atoms with E-state index in [1.807, 2.05) is 42.5 Å². The maximum atomic E-state index is 11.7. The molecule has 1 amide bonds. The lowest BCUT2D eigenvalue weighted by Crippen LogP contribution is -2.44. The van der Waals surface area contributed by atoms with E-state index < -0.39 is 0 Å². The summed E-state index contributed by atoms with van der Waals surface area (Å²) in [6.07, 6.45) is 4.67. The van der Waals surface area contributed by atoms with Crippen LogP contribution in [0.2, 0.25) is 0 Å². The Morgan fingerprint density at radius 3 is 2.76 bits per heavy atom. The van der Waals surface area contributed by atoms with E-state index in [9.17, 15) is 4.79 Å². The largest absolute Gasteiger partial charge is 0.430 e. The van der Waals surface area contributed by atoms with Gasteiger partial charge in [0.1, 0.15) is 6.26 Å². The Labute approximate surface area is 197 Å². The molecular formula is C25H25N7O2. The molecule has 0 atom stereocenters. The summed E-state index contributed by atoms with van der Waals surface area (Å²) in [5.41, 5.74) is 3.30. The molecule has 0 unspecified atom stereocenters. The van der Waals surface area contributed by atoms with Crippen LogP contribution in [0.15, 0.2) is 72.0 Å². The predicted molar refractivity (Wildman–Crippen MR) is 133 cm³/mol. The first-order chi connectivity index (χ1) is 16.6. The Hall–Kier alpha value is -4.24. The molecule has 0 saturated carbocycles. The van der Waals surface area contributed by atoms with Gasteiger partial charge in [-0.05, 0) is 30.8 Å². The molecule has 1 saturated heterocycles. The summed E-state index contributed by atoms with van der Waals surface area (Å²) in [5.74, 6) is 0.934. The van der Waals surface area contributed by atoms with Crippen molar-refractivity contribution in [3.05, 3.63) is 67.6 Å². The average Bonchev–Trinajstić information content (AvgIpc) is 3.32. The first-order valence-corrected chi connectivity index (χ1v) is 11.0. The number of rotatable bonds is 6. The van der Waals surface area contributed by atoms with E-state index in [1.165, 1.54) is 6.08 Å². The van der Waals surface area contributed by atoms with Crippen LogP contribution in [0, 0.1) is 0 Å². The van der Waals surface area contributed by atoms with E-state index in [0.717, 1.165) is 54.0 Å². The highest BCUT2D eigenvalue weighted by Gasteiger charge is 2.18. The van der Waals surface area contributed by atoms with Crippen LogP contribution in [-0.2, 0) is 4.79 Å². The lowest BCUT2D eigenvalue weighted by atomic mass is 10.0. The summed E-state index contributed by atoms with van der Waals surface area (Å²) in [7, 11) is 2.12. The fourth-order valence-corrected chi connectivity index (χ4v) is 3.91. The molecule has 1 aliphatic heterocycles. The van der Waals surface area contributed by atoms with Gasteiger partial charge < -0.3 is 19.5 Å². The molecule has 0 radical (unpaired) electrons. The number of para-hydroxylation sites is 1. The molecule has 0 spiro atoms. The minimum atomic E-state index is -0.259. The Morgan fingerprint density at radius 2 is 1.94 bits per heavy atom. The molecule has 2 N–H and O–H groups in total. The van der Waals surface area contributed by atoms with E-state index in [0.29, 0.717) is 17.7 Å². The quantitative estimate of drug-likeness (QED) is 0.422. The zero-order valence-corrected chi connectivity index (χ0v) is 18.9. The van der Waals surface area contributed by atoms with E-state index in [2.05, 4.69) is 44.0 Å². The number of amides is 1. The zero-order chi connectivity index (χ0) is 23.5. The molecule has 9 heteroatoms. The number of carbonyl (C=O) groups excluding carboxylic acids is 1. The van der Waals surface area contributed by atoms with E-state index in [4.69, 9.17) is 9.40 Å². The molecule has 5 rings (SSSR count). The molecule has 3 heterocycles. The number of nitrogens with zero attached hydrogens (tertiary/aromatic N) is 5. The molecular weight excluding hydrogens is 430 g/mol. The molecule has 34 heavy (non-hydrogen) atoms. The van der Waals surface area contributed by atoms with Gasteiger partial charge in [0.05, 0.1) is 5.52 Å². The number of fused-ring (bicyclic) bond motifs is 1. The minimum absolute atomic E-state index is 0.259. The number of hydrogen-bond donors (Lipinski definition) is 2. The van der Waals surface area contributed by atoms with Gasteiger partial charge in [-0.25, -0.2) is 9.97 Å². The number of nitrogens with one attached hydrogen (secondary N) is 2. The number of benzene rings is 2. The maximum Gasteiger partial charge on any atom is 0.303 e. The fourth-order valence-electron chi connectivity index (χ4n) is 3.91. The van der Waals surface area contributed by atoms with Gasteiger partial charge >= 0.3 is 6.01 Å². The monoisotopic (exact) mass is 455 g/mol. The lowest BCUT2D eigenvalue weighted by Gasteiger charge is -2.31. The Morgan fingerprint density at radius 1 is 1.12 bits per heavy atom. The number of aromatic nitrogens is 3. The van der Waals surface area contributed by atoms with Gasteiger partial charge in [-0.15, -0.1) is 0 Å². The number of oxazole rings is 1. The number of hydrogen-bond acceptors (Lipinski definition) is 8. The second kappa shape index (κ2) is 9.32. The van der Waals surface area contributed by atoms with Gasteiger partial charge in [-0.3, -0.25) is 10.1 Å². The summed E-state index contributed by atoms with van der Waals surface area (Å²) < 4.78 is 5.63. The standard InChI is InChI=1S/C25H25N7O2/c1-3-22(33)27-19-8-4-6-17(14-19)20-9-5-7-18-15-26-24(29-23(18)20)30-25-28-21(16-34-25)32-12-10-31(2)11-13-32/h3-9,14-16H,1,10-13H2,2H3,(H,27,33)(H,26,28,29,30). The molecule has 2 aromatic carbocycles. The van der Waals surface area contributed by atoms with Crippen LogP contribution in [0.25, 0.3) is 22.0 Å². The highest BCUT2D eigenvalue weighted by molar-refractivity contribution is 6.00. The lowest BCUT2D eigenvalue weighted by molar-refractivity contribution is -0.111. The van der Waals surface area contributed by atoms with Crippen molar-refractivity contribution in [1.82, 2.24) is 19.9 Å². The molecule has 0 aliphatic carbocycles. The molecule has 0 bridgehead atoms. The molecule has 1 aliphatic rings. The smallest absolute Gasteiger partial charge is 0.303 e. The zero-order valence-electron chi connectivity index (χ0n) is 18.9. The number of piperazine rings is 1. The first-order valence-electron chi connectivity index (χ1n) is 11.0. The third-order valence-corrected chi connectivity index (χ3v) is 5.78. The predicted octanol–water partition coefficient (Wildman–Crippen LogP) is 3.90. The van der Waals surface area contributed by atoms with Gasteiger partial charge in [0.25, 0.3) is 0 Å².